The molecule has 2 N–H and O–H groups in total. The lowest BCUT2D eigenvalue weighted by molar-refractivity contribution is -0.170. The van der Waals surface area contributed by atoms with Crippen LogP contribution in [0, 0.1) is 12.7 Å². The van der Waals surface area contributed by atoms with Crippen LogP contribution in [0.15, 0.2) is 30.3 Å². The van der Waals surface area contributed by atoms with E-state index in [9.17, 15) is 13.9 Å². The van der Waals surface area contributed by atoms with Crippen LogP contribution in [0.1, 0.15) is 44.1 Å². The maximum atomic E-state index is 15.1. The van der Waals surface area contributed by atoms with Gasteiger partial charge >= 0.3 is 5.92 Å². The summed E-state index contributed by atoms with van der Waals surface area (Å²) in [4.78, 5) is 8.87. The van der Waals surface area contributed by atoms with E-state index in [1.807, 2.05) is 6.92 Å². The summed E-state index contributed by atoms with van der Waals surface area (Å²) in [5, 5.41) is 13.5. The second kappa shape index (κ2) is 10.9. The number of nitrogens with one attached hydrogen (secondary N) is 1. The Balaban J connectivity index is 1.96. The first-order chi connectivity index (χ1) is 16.9. The number of hydrogen-bond acceptors (Lipinski definition) is 7. The Morgan fingerprint density at radius 2 is 1.83 bits per heavy atom. The van der Waals surface area contributed by atoms with Gasteiger partial charge in [-0.25, -0.2) is 14.4 Å². The van der Waals surface area contributed by atoms with Gasteiger partial charge in [-0.1, -0.05) is 19.1 Å². The highest BCUT2D eigenvalue weighted by Crippen LogP contribution is 2.40. The SMILES string of the molecule is CCC(COc1cc2c(NCc3cccc(C(F)(F)C(C)(C)O)c3F)nc(C)nc2cc1OC)OC. The van der Waals surface area contributed by atoms with E-state index in [0.29, 0.717) is 40.7 Å². The van der Waals surface area contributed by atoms with E-state index in [0.717, 1.165) is 26.3 Å². The van der Waals surface area contributed by atoms with E-state index in [2.05, 4.69) is 15.3 Å². The molecule has 3 rings (SSSR count). The predicted molar refractivity (Wildman–Crippen MR) is 131 cm³/mol. The minimum Gasteiger partial charge on any atom is -0.493 e. The number of halogens is 3. The highest BCUT2D eigenvalue weighted by atomic mass is 19.3. The third-order valence-corrected chi connectivity index (χ3v) is 5.94. The van der Waals surface area contributed by atoms with Crippen LogP contribution in [0.2, 0.25) is 0 Å². The van der Waals surface area contributed by atoms with Crippen molar-refractivity contribution in [1.82, 2.24) is 9.97 Å². The van der Waals surface area contributed by atoms with E-state index in [4.69, 9.17) is 14.2 Å². The molecule has 1 heterocycles. The Labute approximate surface area is 208 Å². The van der Waals surface area contributed by atoms with Crippen LogP contribution in [-0.4, -0.2) is 47.6 Å². The average Bonchev–Trinajstić information content (AvgIpc) is 2.82. The number of aromatic nitrogens is 2. The maximum Gasteiger partial charge on any atom is 0.303 e. The fourth-order valence-electron chi connectivity index (χ4n) is 3.66. The molecular weight excluding hydrogens is 475 g/mol. The number of alkyl halides is 2. The van der Waals surface area contributed by atoms with E-state index in [1.165, 1.54) is 19.2 Å². The normalized spacial score (nSPS) is 13.1. The lowest BCUT2D eigenvalue weighted by atomic mass is 9.92. The first-order valence-electron chi connectivity index (χ1n) is 11.6. The van der Waals surface area contributed by atoms with E-state index >= 15 is 4.39 Å². The molecule has 3 aromatic rings. The minimum absolute atomic E-state index is 0.00305. The van der Waals surface area contributed by atoms with Crippen molar-refractivity contribution in [3.05, 3.63) is 53.1 Å². The van der Waals surface area contributed by atoms with Crippen LogP contribution in [-0.2, 0) is 17.2 Å². The number of aliphatic hydroxyl groups is 1. The highest BCUT2D eigenvalue weighted by Gasteiger charge is 2.48. The van der Waals surface area contributed by atoms with Crippen LogP contribution in [0.4, 0.5) is 19.0 Å². The Hall–Kier alpha value is -3.11. The minimum atomic E-state index is -3.79. The van der Waals surface area contributed by atoms with Crippen LogP contribution >= 0.6 is 0 Å². The smallest absolute Gasteiger partial charge is 0.303 e. The van der Waals surface area contributed by atoms with Gasteiger partial charge < -0.3 is 24.6 Å². The number of ether oxygens (including phenoxy) is 3. The zero-order valence-electron chi connectivity index (χ0n) is 21.3. The second-order valence-corrected chi connectivity index (χ2v) is 8.98. The fraction of sp³-hybridized carbons (Fsp3) is 0.462. The van der Waals surface area contributed by atoms with Gasteiger partial charge in [-0.15, -0.1) is 0 Å². The topological polar surface area (TPSA) is 85.7 Å². The molecule has 0 saturated heterocycles. The largest absolute Gasteiger partial charge is 0.493 e. The standard InChI is InChI=1S/C26H32F3N3O4/c1-7-17(34-5)14-36-22-11-18-20(12-21(22)35-6)31-15(2)32-24(18)30-13-16-9-8-10-19(23(16)27)26(28,29)25(3,4)33/h8-12,17,33H,7,13-14H2,1-6H3,(H,30,31,32). The maximum absolute atomic E-state index is 15.1. The van der Waals surface area contributed by atoms with Crippen molar-refractivity contribution < 1.29 is 32.5 Å². The molecule has 0 amide bonds. The number of nitrogens with zero attached hydrogens (tertiary/aromatic N) is 2. The fourth-order valence-corrected chi connectivity index (χ4v) is 3.66. The lowest BCUT2D eigenvalue weighted by Crippen LogP contribution is -2.41. The molecule has 0 fully saturated rings. The van der Waals surface area contributed by atoms with E-state index < -0.39 is 22.9 Å². The Bertz CT molecular complexity index is 1210. The van der Waals surface area contributed by atoms with Gasteiger partial charge in [-0.3, -0.25) is 0 Å². The van der Waals surface area contributed by atoms with Crippen molar-refractivity contribution in [2.45, 2.75) is 58.3 Å². The van der Waals surface area contributed by atoms with Gasteiger partial charge in [-0.2, -0.15) is 8.78 Å². The molecule has 0 spiro atoms. The molecule has 10 heteroatoms. The zero-order valence-corrected chi connectivity index (χ0v) is 21.3. The Morgan fingerprint density at radius 1 is 1.11 bits per heavy atom. The molecule has 0 saturated carbocycles. The van der Waals surface area contributed by atoms with Gasteiger partial charge in [0.05, 0.1) is 24.3 Å². The number of rotatable bonds is 11. The summed E-state index contributed by atoms with van der Waals surface area (Å²) in [6, 6.07) is 7.13. The molecule has 1 unspecified atom stereocenters. The summed E-state index contributed by atoms with van der Waals surface area (Å²) in [6.07, 6.45) is 0.660. The van der Waals surface area contributed by atoms with Crippen molar-refractivity contribution in [1.29, 1.82) is 0 Å². The molecule has 0 aliphatic rings. The molecule has 0 aliphatic heterocycles. The molecule has 36 heavy (non-hydrogen) atoms. The van der Waals surface area contributed by atoms with Crippen molar-refractivity contribution in [2.24, 2.45) is 0 Å². The highest BCUT2D eigenvalue weighted by molar-refractivity contribution is 5.91. The summed E-state index contributed by atoms with van der Waals surface area (Å²) in [5.74, 6) is -3.12. The number of methoxy groups -OCH3 is 2. The molecular formula is C26H32F3N3O4. The number of aryl methyl sites for hydroxylation is 1. The van der Waals surface area contributed by atoms with Gasteiger partial charge in [0, 0.05) is 30.7 Å². The molecule has 0 aliphatic carbocycles. The van der Waals surface area contributed by atoms with Crippen molar-refractivity contribution in [3.8, 4) is 11.5 Å². The van der Waals surface area contributed by atoms with Crippen LogP contribution in [0.25, 0.3) is 10.9 Å². The van der Waals surface area contributed by atoms with Crippen LogP contribution < -0.4 is 14.8 Å². The number of benzene rings is 2. The van der Waals surface area contributed by atoms with Gasteiger partial charge in [0.2, 0.25) is 0 Å². The second-order valence-electron chi connectivity index (χ2n) is 8.98. The summed E-state index contributed by atoms with van der Waals surface area (Å²) >= 11 is 0. The number of hydrogen-bond donors (Lipinski definition) is 2. The van der Waals surface area contributed by atoms with Crippen molar-refractivity contribution >= 4 is 16.7 Å². The molecule has 1 aromatic heterocycles. The first-order valence-corrected chi connectivity index (χ1v) is 11.6. The van der Waals surface area contributed by atoms with Gasteiger partial charge in [0.15, 0.2) is 11.5 Å². The summed E-state index contributed by atoms with van der Waals surface area (Å²) in [6.45, 7) is 5.75. The van der Waals surface area contributed by atoms with Gasteiger partial charge in [-0.05, 0) is 39.3 Å². The third-order valence-electron chi connectivity index (χ3n) is 5.94. The Morgan fingerprint density at radius 3 is 2.44 bits per heavy atom. The zero-order chi connectivity index (χ0) is 26.7. The average molecular weight is 508 g/mol. The molecule has 196 valence electrons. The molecule has 2 aromatic carbocycles. The van der Waals surface area contributed by atoms with Crippen molar-refractivity contribution in [3.63, 3.8) is 0 Å². The summed E-state index contributed by atoms with van der Waals surface area (Å²) in [7, 11) is 3.13. The first kappa shape index (κ1) is 27.5. The molecule has 7 nitrogen and oxygen atoms in total. The van der Waals surface area contributed by atoms with Gasteiger partial charge in [0.25, 0.3) is 0 Å². The molecule has 1 atom stereocenters. The van der Waals surface area contributed by atoms with Crippen molar-refractivity contribution in [2.75, 3.05) is 26.1 Å². The monoisotopic (exact) mass is 507 g/mol. The van der Waals surface area contributed by atoms with E-state index in [-0.39, 0.29) is 18.2 Å². The summed E-state index contributed by atoms with van der Waals surface area (Å²) in [5.41, 5.74) is -2.75. The van der Waals surface area contributed by atoms with E-state index in [1.54, 1.807) is 26.2 Å². The molecule has 0 bridgehead atoms. The molecule has 0 radical (unpaired) electrons. The summed E-state index contributed by atoms with van der Waals surface area (Å²) < 4.78 is 61.2. The third kappa shape index (κ3) is 5.65. The Kier molecular flexibility index (Phi) is 8.30. The predicted octanol–water partition coefficient (Wildman–Crippen LogP) is 5.36. The number of fused-ring (bicyclic) bond motifs is 1. The van der Waals surface area contributed by atoms with Crippen LogP contribution in [0.5, 0.6) is 11.5 Å². The van der Waals surface area contributed by atoms with Crippen LogP contribution in [0.3, 0.4) is 0 Å². The number of anilines is 1. The van der Waals surface area contributed by atoms with Gasteiger partial charge in [0.1, 0.15) is 29.7 Å². The lowest BCUT2D eigenvalue weighted by Gasteiger charge is -2.30. The quantitative estimate of drug-likeness (QED) is 0.361.